The number of hydrogen-bond acceptors (Lipinski definition) is 6. The quantitative estimate of drug-likeness (QED) is 0.351. The predicted molar refractivity (Wildman–Crippen MR) is 93.6 cm³/mol. The van der Waals surface area contributed by atoms with Gasteiger partial charge in [0.25, 0.3) is 0 Å². The summed E-state index contributed by atoms with van der Waals surface area (Å²) in [5.74, 6) is 0. The van der Waals surface area contributed by atoms with E-state index in [9.17, 15) is 24.8 Å². The summed E-state index contributed by atoms with van der Waals surface area (Å²) in [6.07, 6.45) is -0.916. The predicted octanol–water partition coefficient (Wildman–Crippen LogP) is 0.726. The van der Waals surface area contributed by atoms with E-state index >= 15 is 0 Å². The van der Waals surface area contributed by atoms with E-state index in [2.05, 4.69) is 0 Å². The average molecular weight is 366 g/mol. The molecule has 7 nitrogen and oxygen atoms in total. The third kappa shape index (κ3) is 4.61. The minimum atomic E-state index is -4.31. The summed E-state index contributed by atoms with van der Waals surface area (Å²) < 4.78 is 23.9. The highest BCUT2D eigenvalue weighted by molar-refractivity contribution is 7.54. The molecule has 1 fully saturated rings. The summed E-state index contributed by atoms with van der Waals surface area (Å²) in [5, 5.41) is 28.4. The molecule has 4 unspecified atom stereocenters. The lowest BCUT2D eigenvalue weighted by Crippen LogP contribution is -2.42. The first kappa shape index (κ1) is 22.1. The molecule has 0 aromatic carbocycles. The third-order valence-corrected chi connectivity index (χ3v) is 7.29. The summed E-state index contributed by atoms with van der Waals surface area (Å²) in [6, 6.07) is -0.513. The average Bonchev–Trinajstić information content (AvgIpc) is 2.74. The molecule has 0 spiro atoms. The van der Waals surface area contributed by atoms with E-state index in [0.717, 1.165) is 0 Å². The molecule has 142 valence electrons. The van der Waals surface area contributed by atoms with Crippen molar-refractivity contribution in [3.63, 3.8) is 0 Å². The van der Waals surface area contributed by atoms with Crippen LogP contribution in [-0.2, 0) is 13.8 Å². The van der Waals surface area contributed by atoms with Crippen LogP contribution < -0.4 is 0 Å². The lowest BCUT2D eigenvalue weighted by Gasteiger charge is -2.40. The van der Waals surface area contributed by atoms with Crippen LogP contribution in [0.1, 0.15) is 59.8 Å². The molecule has 0 aromatic rings. The van der Waals surface area contributed by atoms with Gasteiger partial charge in [0.15, 0.2) is 5.34 Å². The first-order valence-corrected chi connectivity index (χ1v) is 10.3. The molecule has 1 aliphatic heterocycles. The molecule has 24 heavy (non-hydrogen) atoms. The summed E-state index contributed by atoms with van der Waals surface area (Å²) in [7, 11) is -2.65. The fourth-order valence-corrected chi connectivity index (χ4v) is 4.47. The van der Waals surface area contributed by atoms with Gasteiger partial charge in [0.05, 0.1) is 17.7 Å². The Balaban J connectivity index is 3.05. The van der Waals surface area contributed by atoms with Gasteiger partial charge in [-0.1, -0.05) is 27.2 Å². The van der Waals surface area contributed by atoms with Gasteiger partial charge in [-0.3, -0.25) is 9.09 Å². The fourth-order valence-electron chi connectivity index (χ4n) is 3.06. The molecule has 1 saturated heterocycles. The second-order valence-electron chi connectivity index (χ2n) is 7.03. The normalized spacial score (nSPS) is 35.2. The Hall–Kier alpha value is 0.0549. The number of rotatable bonds is 9. The van der Waals surface area contributed by atoms with E-state index in [4.69, 9.17) is 9.26 Å². The highest BCUT2D eigenvalue weighted by atomic mass is 31.2. The minimum absolute atomic E-state index is 0.0744. The van der Waals surface area contributed by atoms with Crippen molar-refractivity contribution < 1.29 is 34.0 Å². The van der Waals surface area contributed by atoms with Crippen molar-refractivity contribution in [1.29, 1.82) is 0 Å². The van der Waals surface area contributed by atoms with Crippen molar-refractivity contribution in [3.05, 3.63) is 0 Å². The maximum absolute atomic E-state index is 12.6. The molecule has 0 aromatic heterocycles. The first-order chi connectivity index (χ1) is 10.9. The Morgan fingerprint density at radius 1 is 1.21 bits per heavy atom. The van der Waals surface area contributed by atoms with E-state index < -0.39 is 42.9 Å². The van der Waals surface area contributed by atoms with Gasteiger partial charge in [-0.2, -0.15) is 0 Å². The Bertz CT molecular complexity index is 461. The summed E-state index contributed by atoms with van der Waals surface area (Å²) in [6.45, 7) is 6.66. The highest BCUT2D eigenvalue weighted by Crippen LogP contribution is 2.59. The van der Waals surface area contributed by atoms with E-state index in [0.29, 0.717) is 19.3 Å². The van der Waals surface area contributed by atoms with Crippen molar-refractivity contribution in [2.45, 2.75) is 95.1 Å². The Labute approximate surface area is 145 Å². The van der Waals surface area contributed by atoms with Crippen molar-refractivity contribution >= 4 is 15.4 Å². The SMILES string of the molecule is B[C@@H]1O[C@H](CC(CC)(CCC)OP(=O)(O)C(C)(O)CC)C(O)[C@@H]1O. The zero-order valence-electron chi connectivity index (χ0n) is 15.3. The summed E-state index contributed by atoms with van der Waals surface area (Å²) in [4.78, 5) is 10.3. The van der Waals surface area contributed by atoms with E-state index in [1.54, 1.807) is 14.8 Å². The van der Waals surface area contributed by atoms with Gasteiger partial charge in [-0.15, -0.1) is 0 Å². The maximum atomic E-state index is 12.6. The number of ether oxygens (including phenoxy) is 1. The van der Waals surface area contributed by atoms with E-state index in [1.807, 2.05) is 13.8 Å². The van der Waals surface area contributed by atoms with Gasteiger partial charge < -0.3 is 24.9 Å². The van der Waals surface area contributed by atoms with Crippen molar-refractivity contribution in [2.24, 2.45) is 0 Å². The molecule has 4 N–H and O–H groups in total. The molecule has 1 heterocycles. The largest absolute Gasteiger partial charge is 0.388 e. The topological polar surface area (TPSA) is 116 Å². The van der Waals surface area contributed by atoms with Crippen molar-refractivity contribution in [2.75, 3.05) is 0 Å². The Kier molecular flexibility index (Phi) is 7.52. The van der Waals surface area contributed by atoms with Crippen LogP contribution in [0, 0.1) is 0 Å². The minimum Gasteiger partial charge on any atom is -0.388 e. The molecular formula is C15H32BO7P. The summed E-state index contributed by atoms with van der Waals surface area (Å²) >= 11 is 0. The monoisotopic (exact) mass is 366 g/mol. The molecular weight excluding hydrogens is 334 g/mol. The van der Waals surface area contributed by atoms with Crippen LogP contribution in [0.5, 0.6) is 0 Å². The van der Waals surface area contributed by atoms with Crippen LogP contribution >= 0.6 is 7.60 Å². The van der Waals surface area contributed by atoms with Crippen LogP contribution in [0.4, 0.5) is 0 Å². The van der Waals surface area contributed by atoms with Gasteiger partial charge in [0, 0.05) is 6.42 Å². The van der Waals surface area contributed by atoms with Gasteiger partial charge in [-0.05, 0) is 26.2 Å². The first-order valence-electron chi connectivity index (χ1n) is 8.73. The molecule has 1 rings (SSSR count). The van der Waals surface area contributed by atoms with Crippen LogP contribution in [0.2, 0.25) is 0 Å². The second-order valence-corrected chi connectivity index (χ2v) is 9.22. The van der Waals surface area contributed by atoms with Gasteiger partial charge in [0.1, 0.15) is 20.1 Å². The maximum Gasteiger partial charge on any atom is 0.359 e. The van der Waals surface area contributed by atoms with Crippen LogP contribution in [0.3, 0.4) is 0 Å². The number of aliphatic hydroxyl groups excluding tert-OH is 2. The van der Waals surface area contributed by atoms with Crippen LogP contribution in [0.15, 0.2) is 0 Å². The zero-order chi connectivity index (χ0) is 18.8. The van der Waals surface area contributed by atoms with E-state index in [-0.39, 0.29) is 12.8 Å². The van der Waals surface area contributed by atoms with Gasteiger partial charge in [-0.25, -0.2) is 0 Å². The van der Waals surface area contributed by atoms with Gasteiger partial charge in [0.2, 0.25) is 0 Å². The third-order valence-electron chi connectivity index (χ3n) is 5.12. The smallest absolute Gasteiger partial charge is 0.359 e. The molecule has 0 amide bonds. The number of aliphatic hydroxyl groups is 3. The molecule has 0 radical (unpaired) electrons. The van der Waals surface area contributed by atoms with Crippen LogP contribution in [0.25, 0.3) is 0 Å². The molecule has 1 aliphatic rings. The molecule has 0 saturated carbocycles. The second kappa shape index (κ2) is 8.17. The number of hydrogen-bond donors (Lipinski definition) is 4. The van der Waals surface area contributed by atoms with Crippen molar-refractivity contribution in [3.8, 4) is 0 Å². The Morgan fingerprint density at radius 3 is 2.17 bits per heavy atom. The molecule has 9 heteroatoms. The molecule has 0 aliphatic carbocycles. The standard InChI is InChI=1S/C15H32BO7P/c1-5-8-15(7-3,23-24(20,21)14(4,19)6-2)9-10-11(17)12(18)13(16)22-10/h10-13,17-19H,5-9,16H2,1-4H3,(H,20,21)/t10-,11?,12+,13-,14?,15?/m1/s1. The Morgan fingerprint density at radius 2 is 1.79 bits per heavy atom. The lowest BCUT2D eigenvalue weighted by atomic mass is 9.86. The zero-order valence-corrected chi connectivity index (χ0v) is 16.2. The highest BCUT2D eigenvalue weighted by Gasteiger charge is 2.50. The summed E-state index contributed by atoms with van der Waals surface area (Å²) in [5.41, 5.74) is -1.02. The fraction of sp³-hybridized carbons (Fsp3) is 1.00. The van der Waals surface area contributed by atoms with Crippen molar-refractivity contribution in [1.82, 2.24) is 0 Å². The van der Waals surface area contributed by atoms with E-state index in [1.165, 1.54) is 6.92 Å². The molecule has 7 atom stereocenters. The van der Waals surface area contributed by atoms with Crippen LogP contribution in [-0.4, -0.2) is 63.3 Å². The van der Waals surface area contributed by atoms with Gasteiger partial charge >= 0.3 is 7.60 Å². The lowest BCUT2D eigenvalue weighted by molar-refractivity contribution is -0.0563. The molecule has 0 bridgehead atoms.